The SMILES string of the molecule is COc1cccc(-c2nnn(CC(C)(C)C)c2C)c1. The molecule has 0 spiro atoms. The molecule has 4 nitrogen and oxygen atoms in total. The van der Waals surface area contributed by atoms with Crippen LogP contribution in [0.15, 0.2) is 24.3 Å². The van der Waals surface area contributed by atoms with Crippen LogP contribution in [-0.2, 0) is 6.54 Å². The van der Waals surface area contributed by atoms with Gasteiger partial charge in [-0.3, -0.25) is 0 Å². The van der Waals surface area contributed by atoms with Crippen molar-refractivity contribution in [3.63, 3.8) is 0 Å². The zero-order valence-electron chi connectivity index (χ0n) is 12.3. The first kappa shape index (κ1) is 13.6. The zero-order chi connectivity index (χ0) is 14.0. The summed E-state index contributed by atoms with van der Waals surface area (Å²) in [6, 6.07) is 7.91. The van der Waals surface area contributed by atoms with Crippen molar-refractivity contribution in [3.8, 4) is 17.0 Å². The molecule has 1 aromatic carbocycles. The van der Waals surface area contributed by atoms with Crippen molar-refractivity contribution in [2.75, 3.05) is 7.11 Å². The van der Waals surface area contributed by atoms with Gasteiger partial charge in [0.15, 0.2) is 0 Å². The predicted octanol–water partition coefficient (Wildman–Crippen LogP) is 3.31. The molecule has 0 bridgehead atoms. The van der Waals surface area contributed by atoms with Gasteiger partial charge in [0.25, 0.3) is 0 Å². The summed E-state index contributed by atoms with van der Waals surface area (Å²) in [6.45, 7) is 9.49. The first-order valence-corrected chi connectivity index (χ1v) is 6.45. The van der Waals surface area contributed by atoms with Gasteiger partial charge in [0.2, 0.25) is 0 Å². The van der Waals surface area contributed by atoms with Crippen LogP contribution >= 0.6 is 0 Å². The van der Waals surface area contributed by atoms with Crippen LogP contribution < -0.4 is 4.74 Å². The van der Waals surface area contributed by atoms with E-state index in [1.807, 2.05) is 28.9 Å². The Labute approximate surface area is 114 Å². The maximum absolute atomic E-state index is 5.25. The van der Waals surface area contributed by atoms with E-state index >= 15 is 0 Å². The Balaban J connectivity index is 2.36. The van der Waals surface area contributed by atoms with E-state index in [-0.39, 0.29) is 5.41 Å². The van der Waals surface area contributed by atoms with Crippen LogP contribution in [0.5, 0.6) is 5.75 Å². The Morgan fingerprint density at radius 1 is 1.26 bits per heavy atom. The van der Waals surface area contributed by atoms with Gasteiger partial charge in [0, 0.05) is 12.1 Å². The fourth-order valence-corrected chi connectivity index (χ4v) is 2.00. The topological polar surface area (TPSA) is 39.9 Å². The van der Waals surface area contributed by atoms with Crippen LogP contribution in [0, 0.1) is 12.3 Å². The molecule has 0 atom stereocenters. The van der Waals surface area contributed by atoms with E-state index in [9.17, 15) is 0 Å². The van der Waals surface area contributed by atoms with E-state index < -0.39 is 0 Å². The molecule has 0 saturated carbocycles. The Kier molecular flexibility index (Phi) is 3.60. The summed E-state index contributed by atoms with van der Waals surface area (Å²) < 4.78 is 7.22. The summed E-state index contributed by atoms with van der Waals surface area (Å²) in [5.41, 5.74) is 3.23. The van der Waals surface area contributed by atoms with E-state index in [1.165, 1.54) is 0 Å². The Hall–Kier alpha value is -1.84. The largest absolute Gasteiger partial charge is 0.497 e. The van der Waals surface area contributed by atoms with Crippen molar-refractivity contribution in [2.24, 2.45) is 5.41 Å². The molecule has 2 rings (SSSR count). The number of rotatable bonds is 3. The van der Waals surface area contributed by atoms with Gasteiger partial charge in [0.05, 0.1) is 12.8 Å². The Bertz CT molecular complexity index is 567. The molecule has 0 amide bonds. The average Bonchev–Trinajstić information content (AvgIpc) is 2.69. The maximum Gasteiger partial charge on any atom is 0.119 e. The maximum atomic E-state index is 5.25. The standard InChI is InChI=1S/C15H21N3O/c1-11-14(12-7-6-8-13(9-12)19-5)16-17-18(11)10-15(2,3)4/h6-9H,10H2,1-5H3. The highest BCUT2D eigenvalue weighted by Gasteiger charge is 2.17. The molecule has 0 aliphatic rings. The lowest BCUT2D eigenvalue weighted by Crippen LogP contribution is -2.17. The minimum Gasteiger partial charge on any atom is -0.497 e. The van der Waals surface area contributed by atoms with E-state index in [0.29, 0.717) is 0 Å². The van der Waals surface area contributed by atoms with Crippen molar-refractivity contribution in [1.82, 2.24) is 15.0 Å². The smallest absolute Gasteiger partial charge is 0.119 e. The molecule has 0 fully saturated rings. The lowest BCUT2D eigenvalue weighted by atomic mass is 9.97. The second-order valence-electron chi connectivity index (χ2n) is 5.97. The van der Waals surface area contributed by atoms with Crippen LogP contribution in [0.25, 0.3) is 11.3 Å². The van der Waals surface area contributed by atoms with Crippen LogP contribution in [0.3, 0.4) is 0 Å². The fourth-order valence-electron chi connectivity index (χ4n) is 2.00. The molecule has 2 aromatic rings. The summed E-state index contributed by atoms with van der Waals surface area (Å²) in [5.74, 6) is 0.835. The number of ether oxygens (including phenoxy) is 1. The number of benzene rings is 1. The van der Waals surface area contributed by atoms with E-state index in [1.54, 1.807) is 7.11 Å². The third-order valence-corrected chi connectivity index (χ3v) is 2.95. The van der Waals surface area contributed by atoms with E-state index in [4.69, 9.17) is 4.74 Å². The van der Waals surface area contributed by atoms with Gasteiger partial charge >= 0.3 is 0 Å². The summed E-state index contributed by atoms with van der Waals surface area (Å²) in [4.78, 5) is 0. The van der Waals surface area contributed by atoms with Gasteiger partial charge in [0.1, 0.15) is 11.4 Å². The molecule has 0 radical (unpaired) electrons. The number of nitrogens with zero attached hydrogens (tertiary/aromatic N) is 3. The minimum atomic E-state index is 0.185. The number of hydrogen-bond acceptors (Lipinski definition) is 3. The number of aromatic nitrogens is 3. The molecule has 19 heavy (non-hydrogen) atoms. The second kappa shape index (κ2) is 5.03. The van der Waals surface area contributed by atoms with Crippen molar-refractivity contribution >= 4 is 0 Å². The molecule has 1 aromatic heterocycles. The van der Waals surface area contributed by atoms with Crippen LogP contribution in [0.4, 0.5) is 0 Å². The molecular weight excluding hydrogens is 238 g/mol. The van der Waals surface area contributed by atoms with Gasteiger partial charge in [-0.2, -0.15) is 0 Å². The normalized spacial score (nSPS) is 11.6. The quantitative estimate of drug-likeness (QED) is 0.849. The zero-order valence-corrected chi connectivity index (χ0v) is 12.3. The van der Waals surface area contributed by atoms with Crippen LogP contribution in [0.2, 0.25) is 0 Å². The molecular formula is C15H21N3O. The monoisotopic (exact) mass is 259 g/mol. The van der Waals surface area contributed by atoms with E-state index in [2.05, 4.69) is 38.0 Å². The second-order valence-corrected chi connectivity index (χ2v) is 5.97. The highest BCUT2D eigenvalue weighted by molar-refractivity contribution is 5.62. The highest BCUT2D eigenvalue weighted by Crippen LogP contribution is 2.26. The summed E-state index contributed by atoms with van der Waals surface area (Å²) in [5, 5.41) is 8.56. The number of methoxy groups -OCH3 is 1. The van der Waals surface area contributed by atoms with Crippen molar-refractivity contribution in [3.05, 3.63) is 30.0 Å². The minimum absolute atomic E-state index is 0.185. The van der Waals surface area contributed by atoms with Gasteiger partial charge < -0.3 is 4.74 Å². The number of hydrogen-bond donors (Lipinski definition) is 0. The Morgan fingerprint density at radius 2 is 2.00 bits per heavy atom. The Morgan fingerprint density at radius 3 is 2.63 bits per heavy atom. The van der Waals surface area contributed by atoms with Crippen molar-refractivity contribution in [1.29, 1.82) is 0 Å². The predicted molar refractivity (Wildman–Crippen MR) is 76.2 cm³/mol. The lowest BCUT2D eigenvalue weighted by molar-refractivity contribution is 0.317. The summed E-state index contributed by atoms with van der Waals surface area (Å²) in [7, 11) is 1.67. The highest BCUT2D eigenvalue weighted by atomic mass is 16.5. The lowest BCUT2D eigenvalue weighted by Gasteiger charge is -2.18. The average molecular weight is 259 g/mol. The molecule has 0 unspecified atom stereocenters. The third kappa shape index (κ3) is 3.13. The molecule has 0 aliphatic carbocycles. The fraction of sp³-hybridized carbons (Fsp3) is 0.467. The molecule has 1 heterocycles. The first-order chi connectivity index (χ1) is 8.90. The summed E-state index contributed by atoms with van der Waals surface area (Å²) in [6.07, 6.45) is 0. The molecule has 0 saturated heterocycles. The third-order valence-electron chi connectivity index (χ3n) is 2.95. The molecule has 0 N–H and O–H groups in total. The van der Waals surface area contributed by atoms with Gasteiger partial charge in [-0.25, -0.2) is 4.68 Å². The molecule has 0 aliphatic heterocycles. The van der Waals surface area contributed by atoms with Crippen molar-refractivity contribution in [2.45, 2.75) is 34.2 Å². The van der Waals surface area contributed by atoms with Crippen molar-refractivity contribution < 1.29 is 4.74 Å². The van der Waals surface area contributed by atoms with Gasteiger partial charge in [-0.05, 0) is 24.5 Å². The molecule has 102 valence electrons. The first-order valence-electron chi connectivity index (χ1n) is 6.45. The molecule has 4 heteroatoms. The van der Waals surface area contributed by atoms with Gasteiger partial charge in [-0.15, -0.1) is 5.10 Å². The van der Waals surface area contributed by atoms with Crippen LogP contribution in [-0.4, -0.2) is 22.1 Å². The van der Waals surface area contributed by atoms with E-state index in [0.717, 1.165) is 29.2 Å². The van der Waals surface area contributed by atoms with Gasteiger partial charge in [-0.1, -0.05) is 38.1 Å². The van der Waals surface area contributed by atoms with Crippen LogP contribution in [0.1, 0.15) is 26.5 Å². The summed E-state index contributed by atoms with van der Waals surface area (Å²) >= 11 is 0.